The second kappa shape index (κ2) is 5.15. The summed E-state index contributed by atoms with van der Waals surface area (Å²) in [6.07, 6.45) is 0.658. The van der Waals surface area contributed by atoms with Gasteiger partial charge in [-0.1, -0.05) is 20.8 Å². The van der Waals surface area contributed by atoms with Crippen molar-refractivity contribution in [3.8, 4) is 0 Å². The first-order chi connectivity index (χ1) is 7.42. The van der Waals surface area contributed by atoms with Gasteiger partial charge in [0.05, 0.1) is 6.61 Å². The van der Waals surface area contributed by atoms with Crippen LogP contribution >= 0.6 is 0 Å². The molecule has 0 radical (unpaired) electrons. The number of hydrogen-bond acceptors (Lipinski definition) is 3. The van der Waals surface area contributed by atoms with E-state index in [9.17, 15) is 4.79 Å². The molecule has 16 heavy (non-hydrogen) atoms. The van der Waals surface area contributed by atoms with E-state index in [1.807, 2.05) is 6.92 Å². The average Bonchev–Trinajstić information content (AvgIpc) is 2.43. The number of hydrogen-bond donors (Lipinski definition) is 1. The molecule has 1 rings (SSSR count). The maximum atomic E-state index is 11.1. The van der Waals surface area contributed by atoms with Gasteiger partial charge in [-0.15, -0.1) is 0 Å². The molecule has 1 aliphatic rings. The molecule has 2 atom stereocenters. The van der Waals surface area contributed by atoms with Crippen molar-refractivity contribution >= 4 is 5.97 Å². The standard InChI is InChI=1S/C12H23NO3/c1-5-10(11(14)15)13-6-9(7-16-4)12(2,3)8-13/h9-10H,5-8H2,1-4H3,(H,14,15). The zero-order chi connectivity index (χ0) is 12.3. The van der Waals surface area contributed by atoms with E-state index in [1.165, 1.54) is 0 Å². The van der Waals surface area contributed by atoms with Crippen molar-refractivity contribution in [2.24, 2.45) is 11.3 Å². The van der Waals surface area contributed by atoms with Gasteiger partial charge in [-0.3, -0.25) is 9.69 Å². The lowest BCUT2D eigenvalue weighted by molar-refractivity contribution is -0.143. The van der Waals surface area contributed by atoms with E-state index in [1.54, 1.807) is 7.11 Å². The molecule has 0 aliphatic carbocycles. The fourth-order valence-corrected chi connectivity index (χ4v) is 2.55. The summed E-state index contributed by atoms with van der Waals surface area (Å²) in [5, 5.41) is 9.15. The Hall–Kier alpha value is -0.610. The molecular formula is C12H23NO3. The molecule has 0 bridgehead atoms. The van der Waals surface area contributed by atoms with Crippen LogP contribution in [0.1, 0.15) is 27.2 Å². The normalized spacial score (nSPS) is 26.9. The van der Waals surface area contributed by atoms with E-state index < -0.39 is 5.97 Å². The van der Waals surface area contributed by atoms with Crippen LogP contribution in [0, 0.1) is 11.3 Å². The van der Waals surface area contributed by atoms with Gasteiger partial charge in [0, 0.05) is 26.1 Å². The van der Waals surface area contributed by atoms with E-state index in [2.05, 4.69) is 18.7 Å². The Bertz CT molecular complexity index is 253. The quantitative estimate of drug-likeness (QED) is 0.775. The van der Waals surface area contributed by atoms with Gasteiger partial charge in [0.25, 0.3) is 0 Å². The van der Waals surface area contributed by atoms with Crippen LogP contribution in [0.5, 0.6) is 0 Å². The van der Waals surface area contributed by atoms with Crippen molar-refractivity contribution in [1.82, 2.24) is 4.90 Å². The molecule has 94 valence electrons. The average molecular weight is 229 g/mol. The van der Waals surface area contributed by atoms with Crippen molar-refractivity contribution in [1.29, 1.82) is 0 Å². The minimum Gasteiger partial charge on any atom is -0.480 e. The first-order valence-electron chi connectivity index (χ1n) is 5.88. The highest BCUT2D eigenvalue weighted by molar-refractivity contribution is 5.73. The lowest BCUT2D eigenvalue weighted by Gasteiger charge is -2.25. The largest absolute Gasteiger partial charge is 0.480 e. The number of nitrogens with zero attached hydrogens (tertiary/aromatic N) is 1. The lowest BCUT2D eigenvalue weighted by Crippen LogP contribution is -2.40. The number of methoxy groups -OCH3 is 1. The summed E-state index contributed by atoms with van der Waals surface area (Å²) in [4.78, 5) is 13.2. The monoisotopic (exact) mass is 229 g/mol. The van der Waals surface area contributed by atoms with Gasteiger partial charge in [0.1, 0.15) is 6.04 Å². The van der Waals surface area contributed by atoms with Crippen molar-refractivity contribution in [3.63, 3.8) is 0 Å². The van der Waals surface area contributed by atoms with Gasteiger partial charge in [0.15, 0.2) is 0 Å². The molecule has 1 heterocycles. The molecule has 1 saturated heterocycles. The Balaban J connectivity index is 2.70. The second-order valence-corrected chi connectivity index (χ2v) is 5.33. The topological polar surface area (TPSA) is 49.8 Å². The summed E-state index contributed by atoms with van der Waals surface area (Å²) in [7, 11) is 1.70. The number of rotatable bonds is 5. The van der Waals surface area contributed by atoms with Gasteiger partial charge in [-0.2, -0.15) is 0 Å². The fourth-order valence-electron chi connectivity index (χ4n) is 2.55. The Kier molecular flexibility index (Phi) is 4.33. The van der Waals surface area contributed by atoms with Gasteiger partial charge < -0.3 is 9.84 Å². The molecule has 1 N–H and O–H groups in total. The molecule has 0 amide bonds. The number of ether oxygens (including phenoxy) is 1. The highest BCUT2D eigenvalue weighted by Crippen LogP contribution is 2.36. The number of carbonyl (C=O) groups is 1. The molecule has 0 aromatic rings. The lowest BCUT2D eigenvalue weighted by atomic mass is 9.83. The predicted molar refractivity (Wildman–Crippen MR) is 62.4 cm³/mol. The van der Waals surface area contributed by atoms with Crippen molar-refractivity contribution in [2.75, 3.05) is 26.8 Å². The van der Waals surface area contributed by atoms with E-state index in [0.29, 0.717) is 18.9 Å². The van der Waals surface area contributed by atoms with Crippen molar-refractivity contribution in [3.05, 3.63) is 0 Å². The van der Waals surface area contributed by atoms with Gasteiger partial charge in [0.2, 0.25) is 0 Å². The molecule has 0 saturated carbocycles. The summed E-state index contributed by atoms with van der Waals surface area (Å²) >= 11 is 0. The van der Waals surface area contributed by atoms with Crippen LogP contribution in [-0.2, 0) is 9.53 Å². The van der Waals surface area contributed by atoms with Crippen LogP contribution in [0.15, 0.2) is 0 Å². The smallest absolute Gasteiger partial charge is 0.320 e. The van der Waals surface area contributed by atoms with E-state index in [4.69, 9.17) is 9.84 Å². The van der Waals surface area contributed by atoms with E-state index >= 15 is 0 Å². The number of aliphatic carboxylic acids is 1. The van der Waals surface area contributed by atoms with Crippen LogP contribution in [0.4, 0.5) is 0 Å². The second-order valence-electron chi connectivity index (χ2n) is 5.33. The van der Waals surface area contributed by atoms with Gasteiger partial charge >= 0.3 is 5.97 Å². The third kappa shape index (κ3) is 2.74. The first-order valence-corrected chi connectivity index (χ1v) is 5.88. The summed E-state index contributed by atoms with van der Waals surface area (Å²) in [5.41, 5.74) is 0.138. The first kappa shape index (κ1) is 13.5. The summed E-state index contributed by atoms with van der Waals surface area (Å²) in [6.45, 7) is 8.67. The van der Waals surface area contributed by atoms with Crippen LogP contribution in [0.25, 0.3) is 0 Å². The van der Waals surface area contributed by atoms with Crippen LogP contribution in [-0.4, -0.2) is 48.8 Å². The van der Waals surface area contributed by atoms with Gasteiger partial charge in [-0.05, 0) is 11.8 Å². The van der Waals surface area contributed by atoms with Crippen molar-refractivity contribution < 1.29 is 14.6 Å². The predicted octanol–water partition coefficient (Wildman–Crippen LogP) is 1.45. The summed E-state index contributed by atoms with van der Waals surface area (Å²) < 4.78 is 5.21. The molecule has 0 aromatic heterocycles. The van der Waals surface area contributed by atoms with E-state index in [-0.39, 0.29) is 11.5 Å². The van der Waals surface area contributed by atoms with Crippen molar-refractivity contribution in [2.45, 2.75) is 33.2 Å². The molecule has 1 aliphatic heterocycles. The zero-order valence-electron chi connectivity index (χ0n) is 10.7. The molecule has 2 unspecified atom stereocenters. The van der Waals surface area contributed by atoms with E-state index in [0.717, 1.165) is 13.1 Å². The third-order valence-corrected chi connectivity index (χ3v) is 3.65. The summed E-state index contributed by atoms with van der Waals surface area (Å²) in [6, 6.07) is -0.346. The molecule has 4 nitrogen and oxygen atoms in total. The summed E-state index contributed by atoms with van der Waals surface area (Å²) in [5.74, 6) is -0.290. The highest BCUT2D eigenvalue weighted by Gasteiger charge is 2.42. The maximum Gasteiger partial charge on any atom is 0.320 e. The molecule has 0 aromatic carbocycles. The fraction of sp³-hybridized carbons (Fsp3) is 0.917. The minimum atomic E-state index is -0.712. The highest BCUT2D eigenvalue weighted by atomic mass is 16.5. The zero-order valence-corrected chi connectivity index (χ0v) is 10.7. The molecular weight excluding hydrogens is 206 g/mol. The number of carboxylic acids is 1. The SMILES string of the molecule is CCC(C(=O)O)N1CC(COC)C(C)(C)C1. The number of carboxylic acid groups (broad SMARTS) is 1. The van der Waals surface area contributed by atoms with Crippen LogP contribution < -0.4 is 0 Å². The number of likely N-dealkylation sites (tertiary alicyclic amines) is 1. The molecule has 0 spiro atoms. The Morgan fingerprint density at radius 1 is 1.62 bits per heavy atom. The van der Waals surface area contributed by atoms with Crippen LogP contribution in [0.2, 0.25) is 0 Å². The van der Waals surface area contributed by atoms with Crippen LogP contribution in [0.3, 0.4) is 0 Å². The molecule has 4 heteroatoms. The van der Waals surface area contributed by atoms with Gasteiger partial charge in [-0.25, -0.2) is 0 Å². The Labute approximate surface area is 97.6 Å². The Morgan fingerprint density at radius 2 is 2.25 bits per heavy atom. The maximum absolute atomic E-state index is 11.1. The minimum absolute atomic E-state index is 0.138. The molecule has 1 fully saturated rings. The third-order valence-electron chi connectivity index (χ3n) is 3.65. The Morgan fingerprint density at radius 3 is 2.69 bits per heavy atom.